The Balaban J connectivity index is 4.21. The number of carbonyl (C=O) groups excluding carboxylic acids is 2. The van der Waals surface area contributed by atoms with Gasteiger partial charge in [0.15, 0.2) is 0 Å². The molecule has 0 aromatic heterocycles. The van der Waals surface area contributed by atoms with Crippen molar-refractivity contribution in [3.8, 4) is 0 Å². The lowest BCUT2D eigenvalue weighted by Crippen LogP contribution is -2.55. The van der Waals surface area contributed by atoms with E-state index in [2.05, 4.69) is 19.3 Å². The predicted molar refractivity (Wildman–Crippen MR) is 55.2 cm³/mol. The first-order chi connectivity index (χ1) is 5.94. The van der Waals surface area contributed by atoms with Crippen LogP contribution in [-0.2, 0) is 9.59 Å². The van der Waals surface area contributed by atoms with Crippen LogP contribution in [0, 0.1) is 0 Å². The molecule has 0 rings (SSSR count). The fourth-order valence-electron chi connectivity index (χ4n) is 0.604. The van der Waals surface area contributed by atoms with Crippen LogP contribution in [0.25, 0.3) is 0 Å². The fourth-order valence-corrected chi connectivity index (χ4v) is 1.37. The molecule has 0 aliphatic rings. The predicted octanol–water partition coefficient (Wildman–Crippen LogP) is -0.279. The van der Waals surface area contributed by atoms with Gasteiger partial charge in [-0.3, -0.25) is 9.59 Å². The van der Waals surface area contributed by atoms with Gasteiger partial charge in [0, 0.05) is 6.42 Å². The molecule has 0 saturated heterocycles. The topological polar surface area (TPSA) is 78.4 Å². The fraction of sp³-hybridized carbons (Fsp3) is 0.667. The summed E-state index contributed by atoms with van der Waals surface area (Å²) < 4.78 is 0. The van der Waals surface area contributed by atoms with Crippen molar-refractivity contribution in [1.82, 2.24) is 10.4 Å². The Morgan fingerprint density at radius 1 is 1.62 bits per heavy atom. The molecule has 0 aliphatic heterocycles. The van der Waals surface area contributed by atoms with Crippen LogP contribution in [0.15, 0.2) is 0 Å². The molecule has 3 N–H and O–H groups in total. The largest absolute Gasteiger partial charge is 0.363 e. The SMILES string of the molecule is CCC(=O)NC(C)(O)C(=O)NPP. The summed E-state index contributed by atoms with van der Waals surface area (Å²) in [5, 5.41) is 14.1. The maximum absolute atomic E-state index is 11.1. The van der Waals surface area contributed by atoms with E-state index in [1.165, 1.54) is 6.92 Å². The molecule has 0 heterocycles. The van der Waals surface area contributed by atoms with E-state index in [-0.39, 0.29) is 20.7 Å². The minimum absolute atomic E-state index is 0.115. The summed E-state index contributed by atoms with van der Waals surface area (Å²) in [7, 11) is 2.42. The van der Waals surface area contributed by atoms with Gasteiger partial charge in [-0.15, -0.1) is 0 Å². The van der Waals surface area contributed by atoms with Crippen molar-refractivity contribution < 1.29 is 14.7 Å². The molecule has 0 fully saturated rings. The van der Waals surface area contributed by atoms with Gasteiger partial charge in [0.2, 0.25) is 11.6 Å². The van der Waals surface area contributed by atoms with Gasteiger partial charge in [-0.25, -0.2) is 0 Å². The van der Waals surface area contributed by atoms with E-state index < -0.39 is 11.6 Å². The van der Waals surface area contributed by atoms with E-state index >= 15 is 0 Å². The van der Waals surface area contributed by atoms with Gasteiger partial charge in [-0.05, 0) is 15.3 Å². The van der Waals surface area contributed by atoms with Gasteiger partial charge in [0.25, 0.3) is 5.91 Å². The number of hydrogen-bond acceptors (Lipinski definition) is 3. The Morgan fingerprint density at radius 3 is 2.54 bits per heavy atom. The third-order valence-corrected chi connectivity index (χ3v) is 2.14. The first-order valence-electron chi connectivity index (χ1n) is 3.73. The van der Waals surface area contributed by atoms with Crippen LogP contribution in [0.3, 0.4) is 0 Å². The lowest BCUT2D eigenvalue weighted by atomic mass is 10.2. The summed E-state index contributed by atoms with van der Waals surface area (Å²) in [6.07, 6.45) is 0.229. The molecule has 0 bridgehead atoms. The van der Waals surface area contributed by atoms with Crippen molar-refractivity contribution in [2.45, 2.75) is 26.0 Å². The highest BCUT2D eigenvalue weighted by atomic mass is 32.0. The molecule has 13 heavy (non-hydrogen) atoms. The van der Waals surface area contributed by atoms with E-state index in [1.54, 1.807) is 6.92 Å². The Kier molecular flexibility index (Phi) is 5.38. The summed E-state index contributed by atoms with van der Waals surface area (Å²) in [6, 6.07) is 0. The highest BCUT2D eigenvalue weighted by Gasteiger charge is 2.30. The zero-order chi connectivity index (χ0) is 10.5. The first-order valence-corrected chi connectivity index (χ1v) is 6.54. The van der Waals surface area contributed by atoms with Crippen molar-refractivity contribution in [3.63, 3.8) is 0 Å². The Bertz CT molecular complexity index is 208. The molecule has 0 aromatic rings. The quantitative estimate of drug-likeness (QED) is 0.454. The van der Waals surface area contributed by atoms with Crippen LogP contribution in [0.2, 0.25) is 0 Å². The summed E-state index contributed by atoms with van der Waals surface area (Å²) >= 11 is 0. The van der Waals surface area contributed by atoms with Gasteiger partial charge < -0.3 is 15.5 Å². The van der Waals surface area contributed by atoms with Gasteiger partial charge in [-0.2, -0.15) is 0 Å². The zero-order valence-electron chi connectivity index (χ0n) is 7.55. The molecule has 0 radical (unpaired) electrons. The minimum Gasteiger partial charge on any atom is -0.363 e. The zero-order valence-corrected chi connectivity index (χ0v) is 9.70. The third kappa shape index (κ3) is 4.51. The molecule has 76 valence electrons. The second kappa shape index (κ2) is 5.48. The Morgan fingerprint density at radius 2 is 2.15 bits per heavy atom. The van der Waals surface area contributed by atoms with Crippen molar-refractivity contribution >= 4 is 29.2 Å². The smallest absolute Gasteiger partial charge is 0.276 e. The molecule has 2 amide bonds. The maximum Gasteiger partial charge on any atom is 0.276 e. The Labute approximate surface area is 81.0 Å². The second-order valence-corrected chi connectivity index (χ2v) is 3.98. The summed E-state index contributed by atoms with van der Waals surface area (Å²) in [5.74, 6) is -0.977. The number of hydrogen-bond donors (Lipinski definition) is 3. The molecular formula is C6H14N2O3P2. The van der Waals surface area contributed by atoms with Gasteiger partial charge >= 0.3 is 0 Å². The molecule has 3 atom stereocenters. The molecule has 7 heteroatoms. The monoisotopic (exact) mass is 224 g/mol. The average Bonchev–Trinajstić information content (AvgIpc) is 2.04. The van der Waals surface area contributed by atoms with Crippen molar-refractivity contribution in [2.24, 2.45) is 0 Å². The Hall–Kier alpha value is -0.240. The highest BCUT2D eigenvalue weighted by Crippen LogP contribution is 2.15. The van der Waals surface area contributed by atoms with Crippen molar-refractivity contribution in [3.05, 3.63) is 0 Å². The normalized spacial score (nSPS) is 15.4. The van der Waals surface area contributed by atoms with Crippen LogP contribution in [0.4, 0.5) is 0 Å². The molecule has 5 nitrogen and oxygen atoms in total. The number of rotatable bonds is 4. The summed E-state index contributed by atoms with van der Waals surface area (Å²) in [4.78, 5) is 22.0. The van der Waals surface area contributed by atoms with E-state index in [0.29, 0.717) is 0 Å². The van der Waals surface area contributed by atoms with E-state index in [0.717, 1.165) is 0 Å². The minimum atomic E-state index is -1.82. The van der Waals surface area contributed by atoms with Gasteiger partial charge in [-0.1, -0.05) is 15.9 Å². The number of amides is 2. The van der Waals surface area contributed by atoms with Gasteiger partial charge in [0.05, 0.1) is 0 Å². The standard InChI is InChI=1S/C6H14N2O3P2/c1-3-4(9)7-6(2,11)5(10)8-13-12/h11,13H,3,12H2,1-2H3,(H,7,9)(H,8,10). The lowest BCUT2D eigenvalue weighted by molar-refractivity contribution is -0.145. The number of nitrogens with one attached hydrogen (secondary N) is 2. The van der Waals surface area contributed by atoms with Crippen molar-refractivity contribution in [1.29, 1.82) is 0 Å². The summed E-state index contributed by atoms with van der Waals surface area (Å²) in [5.41, 5.74) is -1.82. The van der Waals surface area contributed by atoms with E-state index in [1.807, 2.05) is 0 Å². The number of carbonyl (C=O) groups is 2. The molecule has 0 aromatic carbocycles. The molecule has 0 spiro atoms. The van der Waals surface area contributed by atoms with E-state index in [9.17, 15) is 14.7 Å². The maximum atomic E-state index is 11.1. The van der Waals surface area contributed by atoms with E-state index in [4.69, 9.17) is 0 Å². The van der Waals surface area contributed by atoms with Crippen LogP contribution >= 0.6 is 17.3 Å². The summed E-state index contributed by atoms with van der Waals surface area (Å²) in [6.45, 7) is 2.88. The van der Waals surface area contributed by atoms with Gasteiger partial charge in [0.1, 0.15) is 0 Å². The second-order valence-electron chi connectivity index (χ2n) is 2.57. The molecule has 3 unspecified atom stereocenters. The van der Waals surface area contributed by atoms with Crippen LogP contribution < -0.4 is 10.4 Å². The third-order valence-electron chi connectivity index (χ3n) is 1.33. The highest BCUT2D eigenvalue weighted by molar-refractivity contribution is 8.02. The van der Waals surface area contributed by atoms with Crippen molar-refractivity contribution in [2.75, 3.05) is 0 Å². The average molecular weight is 224 g/mol. The number of aliphatic hydroxyl groups is 1. The molecule has 0 saturated carbocycles. The molecular weight excluding hydrogens is 210 g/mol. The first kappa shape index (κ1) is 12.8. The lowest BCUT2D eigenvalue weighted by Gasteiger charge is -2.22. The van der Waals surface area contributed by atoms with Crippen LogP contribution in [0.1, 0.15) is 20.3 Å². The van der Waals surface area contributed by atoms with Crippen LogP contribution in [0.5, 0.6) is 0 Å². The van der Waals surface area contributed by atoms with Crippen LogP contribution in [-0.4, -0.2) is 22.6 Å². The molecule has 0 aliphatic carbocycles.